The molecule has 2 N–H and O–H groups in total. The minimum Gasteiger partial charge on any atom is -0.491 e. The molecule has 0 saturated carbocycles. The molecule has 2 aliphatic heterocycles. The third-order valence-corrected chi connectivity index (χ3v) is 8.64. The second-order valence-electron chi connectivity index (χ2n) is 11.8. The molecule has 5 rings (SSSR count). The molecular formula is C35H40ClFN2O7. The van der Waals surface area contributed by atoms with Crippen LogP contribution in [0, 0.1) is 11.7 Å². The van der Waals surface area contributed by atoms with Crippen molar-refractivity contribution in [1.82, 2.24) is 4.90 Å². The molecule has 246 valence electrons. The number of hydrogen-bond acceptors (Lipinski definition) is 7. The number of carboxylic acid groups (broad SMARTS) is 1. The number of amides is 1. The van der Waals surface area contributed by atoms with Crippen LogP contribution in [0.4, 0.5) is 10.1 Å². The Bertz CT molecular complexity index is 1540. The quantitative estimate of drug-likeness (QED) is 0.198. The van der Waals surface area contributed by atoms with Crippen molar-refractivity contribution in [1.29, 1.82) is 0 Å². The summed E-state index contributed by atoms with van der Waals surface area (Å²) in [5.41, 5.74) is 3.72. The molecule has 1 saturated heterocycles. The maximum absolute atomic E-state index is 15.0. The van der Waals surface area contributed by atoms with E-state index in [0.717, 1.165) is 16.8 Å². The maximum Gasteiger partial charge on any atom is 0.309 e. The Morgan fingerprint density at radius 2 is 1.74 bits per heavy atom. The van der Waals surface area contributed by atoms with E-state index in [0.29, 0.717) is 48.0 Å². The van der Waals surface area contributed by atoms with Crippen LogP contribution in [0.15, 0.2) is 48.5 Å². The Kier molecular flexibility index (Phi) is 10.7. The highest BCUT2D eigenvalue weighted by Crippen LogP contribution is 2.48. The number of aliphatic carboxylic acids is 1. The Morgan fingerprint density at radius 1 is 1.04 bits per heavy atom. The van der Waals surface area contributed by atoms with E-state index in [-0.39, 0.29) is 43.4 Å². The summed E-state index contributed by atoms with van der Waals surface area (Å²) >= 11 is 6.33. The zero-order valence-electron chi connectivity index (χ0n) is 26.5. The molecule has 2 heterocycles. The van der Waals surface area contributed by atoms with E-state index in [4.69, 9.17) is 30.5 Å². The van der Waals surface area contributed by atoms with E-state index < -0.39 is 29.7 Å². The lowest BCUT2D eigenvalue weighted by Gasteiger charge is -2.27. The van der Waals surface area contributed by atoms with Gasteiger partial charge in [-0.1, -0.05) is 37.6 Å². The molecule has 0 unspecified atom stereocenters. The lowest BCUT2D eigenvalue weighted by Crippen LogP contribution is -2.35. The number of rotatable bonds is 13. The van der Waals surface area contributed by atoms with Crippen molar-refractivity contribution >= 4 is 29.2 Å². The van der Waals surface area contributed by atoms with Gasteiger partial charge in [-0.05, 0) is 85.3 Å². The summed E-state index contributed by atoms with van der Waals surface area (Å²) in [6.07, 6.45) is 1.44. The third kappa shape index (κ3) is 7.40. The molecular weight excluding hydrogens is 615 g/mol. The van der Waals surface area contributed by atoms with Gasteiger partial charge >= 0.3 is 5.97 Å². The van der Waals surface area contributed by atoms with Gasteiger partial charge in [0.2, 0.25) is 18.4 Å². The first kappa shape index (κ1) is 33.5. The molecule has 1 amide bonds. The normalized spacial score (nSPS) is 19.1. The van der Waals surface area contributed by atoms with Gasteiger partial charge in [0.25, 0.3) is 0 Å². The van der Waals surface area contributed by atoms with Gasteiger partial charge in [-0.15, -0.1) is 0 Å². The van der Waals surface area contributed by atoms with Crippen molar-refractivity contribution in [3.63, 3.8) is 0 Å². The predicted molar refractivity (Wildman–Crippen MR) is 173 cm³/mol. The molecule has 9 nitrogen and oxygen atoms in total. The lowest BCUT2D eigenvalue weighted by molar-refractivity contribution is -0.143. The van der Waals surface area contributed by atoms with Crippen LogP contribution in [0.3, 0.4) is 0 Å². The number of aryl methyl sites for hydroxylation is 2. The van der Waals surface area contributed by atoms with Crippen LogP contribution < -0.4 is 19.5 Å². The second kappa shape index (κ2) is 14.7. The summed E-state index contributed by atoms with van der Waals surface area (Å²) in [7, 11) is 0. The number of carbonyl (C=O) groups is 2. The Balaban J connectivity index is 1.46. The van der Waals surface area contributed by atoms with Crippen molar-refractivity contribution in [3.05, 3.63) is 81.6 Å². The number of carboxylic acids is 1. The molecule has 3 aromatic carbocycles. The number of halogens is 2. The average Bonchev–Trinajstić information content (AvgIpc) is 3.65. The minimum absolute atomic E-state index is 0.0113. The van der Waals surface area contributed by atoms with Crippen LogP contribution in [0.25, 0.3) is 0 Å². The highest BCUT2D eigenvalue weighted by Gasteiger charge is 2.48. The van der Waals surface area contributed by atoms with Gasteiger partial charge in [-0.3, -0.25) is 14.5 Å². The first-order valence-corrected chi connectivity index (χ1v) is 16.0. The third-order valence-electron chi connectivity index (χ3n) is 8.43. The maximum atomic E-state index is 15.0. The summed E-state index contributed by atoms with van der Waals surface area (Å²) in [5.74, 6) is -2.74. The zero-order valence-corrected chi connectivity index (χ0v) is 27.2. The topological polar surface area (TPSA) is 107 Å². The molecule has 46 heavy (non-hydrogen) atoms. The number of ether oxygens (including phenoxy) is 4. The SMILES string of the molecule is CCc1cc(Cl)cc(CC)c1NC(=O)CN1C[C@H](c2cc(F)c3c(c2)OCO3)[C@@H](C(=O)O)[C@@H]1c1ccc(OCCOC(C)C)cc1. The first-order valence-electron chi connectivity index (χ1n) is 15.6. The number of nitrogens with one attached hydrogen (secondary N) is 1. The van der Waals surface area contributed by atoms with Crippen LogP contribution in [0.1, 0.15) is 61.9 Å². The monoisotopic (exact) mass is 654 g/mol. The van der Waals surface area contributed by atoms with Gasteiger partial charge in [0.15, 0.2) is 11.6 Å². The summed E-state index contributed by atoms with van der Waals surface area (Å²) in [6.45, 7) is 8.70. The number of carbonyl (C=O) groups excluding carboxylic acids is 1. The Hall–Kier alpha value is -3.86. The molecule has 2 aliphatic rings. The molecule has 3 aromatic rings. The van der Waals surface area contributed by atoms with Crippen molar-refractivity contribution < 1.29 is 38.0 Å². The fraction of sp³-hybridized carbons (Fsp3) is 0.429. The van der Waals surface area contributed by atoms with E-state index in [1.54, 1.807) is 18.2 Å². The lowest BCUT2D eigenvalue weighted by atomic mass is 9.82. The largest absolute Gasteiger partial charge is 0.491 e. The van der Waals surface area contributed by atoms with Crippen LogP contribution in [0.2, 0.25) is 5.02 Å². The van der Waals surface area contributed by atoms with Crippen LogP contribution in [-0.4, -0.2) is 61.1 Å². The Morgan fingerprint density at radius 3 is 2.37 bits per heavy atom. The molecule has 11 heteroatoms. The summed E-state index contributed by atoms with van der Waals surface area (Å²) in [5, 5.41) is 14.3. The minimum atomic E-state index is -1.05. The summed E-state index contributed by atoms with van der Waals surface area (Å²) < 4.78 is 37.1. The van der Waals surface area contributed by atoms with Crippen LogP contribution in [0.5, 0.6) is 17.2 Å². The van der Waals surface area contributed by atoms with Crippen molar-refractivity contribution in [3.8, 4) is 17.2 Å². The highest BCUT2D eigenvalue weighted by atomic mass is 35.5. The molecule has 3 atom stereocenters. The second-order valence-corrected chi connectivity index (χ2v) is 12.2. The standard InChI is InChI=1S/C35H40ClFN2O7/c1-5-21-13-25(36)14-22(6-2)32(21)38-30(40)18-39-17-27(24-15-28(37)34-29(16-24)45-19-46-34)31(35(41)42)33(39)23-7-9-26(10-8-23)44-12-11-43-20(3)4/h7-10,13-16,20,27,31,33H,5-6,11-12,17-19H2,1-4H3,(H,38,40)(H,41,42)/t27-,31-,33+/m1/s1. The number of fused-ring (bicyclic) bond motifs is 1. The van der Waals surface area contributed by atoms with E-state index in [9.17, 15) is 14.7 Å². The average molecular weight is 655 g/mol. The number of likely N-dealkylation sites (tertiary alicyclic amines) is 1. The molecule has 0 radical (unpaired) electrons. The molecule has 0 aromatic heterocycles. The van der Waals surface area contributed by atoms with Crippen molar-refractivity contribution in [2.24, 2.45) is 5.92 Å². The number of nitrogens with zero attached hydrogens (tertiary/aromatic N) is 1. The number of benzene rings is 3. The number of hydrogen-bond donors (Lipinski definition) is 2. The van der Waals surface area contributed by atoms with Gasteiger partial charge in [-0.2, -0.15) is 0 Å². The van der Waals surface area contributed by atoms with Gasteiger partial charge in [0.1, 0.15) is 12.4 Å². The molecule has 0 bridgehead atoms. The predicted octanol–water partition coefficient (Wildman–Crippen LogP) is 6.62. The summed E-state index contributed by atoms with van der Waals surface area (Å²) in [6, 6.07) is 13.1. The molecule has 0 spiro atoms. The van der Waals surface area contributed by atoms with Crippen molar-refractivity contribution in [2.45, 2.75) is 58.6 Å². The van der Waals surface area contributed by atoms with Crippen molar-refractivity contribution in [2.75, 3.05) is 38.4 Å². The van der Waals surface area contributed by atoms with E-state index in [1.807, 2.05) is 56.9 Å². The molecule has 1 fully saturated rings. The van der Waals surface area contributed by atoms with Gasteiger partial charge in [0.05, 0.1) is 25.2 Å². The zero-order chi connectivity index (χ0) is 33.0. The fourth-order valence-corrected chi connectivity index (χ4v) is 6.60. The van der Waals surface area contributed by atoms with Gasteiger partial charge in [-0.25, -0.2) is 4.39 Å². The fourth-order valence-electron chi connectivity index (χ4n) is 6.34. The van der Waals surface area contributed by atoms with E-state index in [1.165, 1.54) is 6.07 Å². The Labute approximate surface area is 273 Å². The first-order chi connectivity index (χ1) is 22.1. The van der Waals surface area contributed by atoms with Crippen LogP contribution in [-0.2, 0) is 27.2 Å². The smallest absolute Gasteiger partial charge is 0.309 e. The van der Waals surface area contributed by atoms with Crippen LogP contribution >= 0.6 is 11.6 Å². The highest BCUT2D eigenvalue weighted by molar-refractivity contribution is 6.30. The van der Waals surface area contributed by atoms with Gasteiger partial charge < -0.3 is 29.4 Å². The van der Waals surface area contributed by atoms with E-state index in [2.05, 4.69) is 5.32 Å². The molecule has 0 aliphatic carbocycles. The number of anilines is 1. The van der Waals surface area contributed by atoms with E-state index >= 15 is 4.39 Å². The van der Waals surface area contributed by atoms with Gasteiger partial charge in [0, 0.05) is 29.2 Å². The summed E-state index contributed by atoms with van der Waals surface area (Å²) in [4.78, 5) is 28.5.